The number of likely N-dealkylation sites (tertiary alicyclic amines) is 1. The number of rotatable bonds is 5. The highest BCUT2D eigenvalue weighted by molar-refractivity contribution is 6.30. The molecule has 4 heteroatoms. The van der Waals surface area contributed by atoms with E-state index in [1.165, 1.54) is 5.56 Å². The van der Waals surface area contributed by atoms with Gasteiger partial charge in [0.25, 0.3) is 0 Å². The molecule has 1 unspecified atom stereocenters. The van der Waals surface area contributed by atoms with Crippen LogP contribution in [0.25, 0.3) is 0 Å². The van der Waals surface area contributed by atoms with E-state index in [9.17, 15) is 4.79 Å². The summed E-state index contributed by atoms with van der Waals surface area (Å²) >= 11 is 5.86. The van der Waals surface area contributed by atoms with Crippen molar-refractivity contribution in [2.24, 2.45) is 0 Å². The van der Waals surface area contributed by atoms with E-state index in [4.69, 9.17) is 16.7 Å². The van der Waals surface area contributed by atoms with Crippen LogP contribution >= 0.6 is 11.6 Å². The fourth-order valence-electron chi connectivity index (χ4n) is 2.54. The van der Waals surface area contributed by atoms with Crippen LogP contribution in [0.3, 0.4) is 0 Å². The molecule has 0 amide bonds. The first kappa shape index (κ1) is 13.4. The van der Waals surface area contributed by atoms with E-state index in [1.54, 1.807) is 0 Å². The zero-order valence-electron chi connectivity index (χ0n) is 10.3. The van der Waals surface area contributed by atoms with Crippen molar-refractivity contribution in [2.75, 3.05) is 6.54 Å². The maximum Gasteiger partial charge on any atom is 0.303 e. The van der Waals surface area contributed by atoms with Gasteiger partial charge in [0, 0.05) is 24.0 Å². The molecule has 0 aliphatic carbocycles. The van der Waals surface area contributed by atoms with Crippen LogP contribution in [-0.4, -0.2) is 28.6 Å². The van der Waals surface area contributed by atoms with Crippen LogP contribution in [0, 0.1) is 0 Å². The number of benzene rings is 1. The largest absolute Gasteiger partial charge is 0.481 e. The zero-order valence-corrected chi connectivity index (χ0v) is 11.1. The third-order valence-electron chi connectivity index (χ3n) is 3.49. The molecule has 1 fully saturated rings. The van der Waals surface area contributed by atoms with Crippen molar-refractivity contribution in [2.45, 2.75) is 38.3 Å². The molecule has 1 aliphatic heterocycles. The van der Waals surface area contributed by atoms with Gasteiger partial charge in [0.2, 0.25) is 0 Å². The lowest BCUT2D eigenvalue weighted by molar-refractivity contribution is -0.137. The number of halogens is 1. The molecule has 2 rings (SSSR count). The number of carbonyl (C=O) groups is 1. The summed E-state index contributed by atoms with van der Waals surface area (Å²) in [6.07, 6.45) is 3.30. The summed E-state index contributed by atoms with van der Waals surface area (Å²) in [5.74, 6) is -0.701. The van der Waals surface area contributed by atoms with Gasteiger partial charge in [0.1, 0.15) is 0 Å². The Morgan fingerprint density at radius 1 is 1.39 bits per heavy atom. The minimum Gasteiger partial charge on any atom is -0.481 e. The first-order valence-corrected chi connectivity index (χ1v) is 6.73. The average Bonchev–Trinajstić information content (AvgIpc) is 2.77. The highest BCUT2D eigenvalue weighted by Gasteiger charge is 2.24. The predicted octanol–water partition coefficient (Wildman–Crippen LogP) is 3.17. The third-order valence-corrected chi connectivity index (χ3v) is 3.74. The minimum absolute atomic E-state index is 0.266. The minimum atomic E-state index is -0.701. The van der Waals surface area contributed by atoms with Crippen molar-refractivity contribution < 1.29 is 9.90 Å². The Balaban J connectivity index is 1.91. The van der Waals surface area contributed by atoms with Crippen molar-refractivity contribution in [1.29, 1.82) is 0 Å². The van der Waals surface area contributed by atoms with Crippen molar-refractivity contribution in [3.63, 3.8) is 0 Å². The van der Waals surface area contributed by atoms with Gasteiger partial charge in [0.05, 0.1) is 0 Å². The van der Waals surface area contributed by atoms with Gasteiger partial charge in [-0.1, -0.05) is 23.7 Å². The molecule has 1 heterocycles. The molecule has 0 aromatic heterocycles. The Kier molecular flexibility index (Phi) is 4.61. The van der Waals surface area contributed by atoms with E-state index < -0.39 is 5.97 Å². The van der Waals surface area contributed by atoms with Crippen molar-refractivity contribution in [3.8, 4) is 0 Å². The Morgan fingerprint density at radius 3 is 2.78 bits per heavy atom. The molecule has 3 nitrogen and oxygen atoms in total. The summed E-state index contributed by atoms with van der Waals surface area (Å²) in [5.41, 5.74) is 1.24. The van der Waals surface area contributed by atoms with Crippen molar-refractivity contribution in [1.82, 2.24) is 4.90 Å². The fourth-order valence-corrected chi connectivity index (χ4v) is 2.67. The second-order valence-corrected chi connectivity index (χ2v) is 5.26. The number of carboxylic acid groups (broad SMARTS) is 1. The van der Waals surface area contributed by atoms with Gasteiger partial charge in [0.15, 0.2) is 0 Å². The summed E-state index contributed by atoms with van der Waals surface area (Å²) in [7, 11) is 0. The van der Waals surface area contributed by atoms with E-state index in [0.29, 0.717) is 6.04 Å². The molecule has 98 valence electrons. The molecule has 1 atom stereocenters. The van der Waals surface area contributed by atoms with E-state index in [2.05, 4.69) is 4.90 Å². The highest BCUT2D eigenvalue weighted by atomic mass is 35.5. The van der Waals surface area contributed by atoms with Gasteiger partial charge in [-0.25, -0.2) is 0 Å². The highest BCUT2D eigenvalue weighted by Crippen LogP contribution is 2.24. The lowest BCUT2D eigenvalue weighted by Gasteiger charge is -2.24. The molecule has 0 radical (unpaired) electrons. The summed E-state index contributed by atoms with van der Waals surface area (Å²) in [6.45, 7) is 1.95. The predicted molar refractivity (Wildman–Crippen MR) is 71.8 cm³/mol. The SMILES string of the molecule is O=C(O)CCC1CCCN1Cc1ccc(Cl)cc1. The summed E-state index contributed by atoms with van der Waals surface area (Å²) in [4.78, 5) is 13.0. The Labute approximate surface area is 112 Å². The first-order valence-electron chi connectivity index (χ1n) is 6.35. The second-order valence-electron chi connectivity index (χ2n) is 4.83. The molecular weight excluding hydrogens is 250 g/mol. The van der Waals surface area contributed by atoms with Crippen LogP contribution in [0.15, 0.2) is 24.3 Å². The quantitative estimate of drug-likeness (QED) is 0.891. The fraction of sp³-hybridized carbons (Fsp3) is 0.500. The molecule has 1 aliphatic rings. The summed E-state index contributed by atoms with van der Waals surface area (Å²) < 4.78 is 0. The maximum absolute atomic E-state index is 10.6. The van der Waals surface area contributed by atoms with Crippen LogP contribution in [-0.2, 0) is 11.3 Å². The molecule has 1 aromatic carbocycles. The lowest BCUT2D eigenvalue weighted by atomic mass is 10.1. The van der Waals surface area contributed by atoms with E-state index in [-0.39, 0.29) is 6.42 Å². The van der Waals surface area contributed by atoms with Gasteiger partial charge < -0.3 is 5.11 Å². The number of nitrogens with zero attached hydrogens (tertiary/aromatic N) is 1. The molecule has 1 aromatic rings. The van der Waals surface area contributed by atoms with Gasteiger partial charge in [-0.05, 0) is 43.5 Å². The monoisotopic (exact) mass is 267 g/mol. The van der Waals surface area contributed by atoms with E-state index >= 15 is 0 Å². The molecular formula is C14H18ClNO2. The molecule has 1 saturated heterocycles. The zero-order chi connectivity index (χ0) is 13.0. The van der Waals surface area contributed by atoms with Crippen LogP contribution in [0.2, 0.25) is 5.02 Å². The lowest BCUT2D eigenvalue weighted by Crippen LogP contribution is -2.29. The molecule has 18 heavy (non-hydrogen) atoms. The van der Waals surface area contributed by atoms with Crippen LogP contribution in [0.4, 0.5) is 0 Å². The standard InChI is InChI=1S/C14H18ClNO2/c15-12-5-3-11(4-6-12)10-16-9-1-2-13(16)7-8-14(17)18/h3-6,13H,1-2,7-10H2,(H,17,18). The third kappa shape index (κ3) is 3.72. The molecule has 1 N–H and O–H groups in total. The number of hydrogen-bond acceptors (Lipinski definition) is 2. The van der Waals surface area contributed by atoms with Gasteiger partial charge in [-0.15, -0.1) is 0 Å². The van der Waals surface area contributed by atoms with E-state index in [0.717, 1.165) is 37.4 Å². The maximum atomic E-state index is 10.6. The average molecular weight is 268 g/mol. The van der Waals surface area contributed by atoms with Gasteiger partial charge >= 0.3 is 5.97 Å². The van der Waals surface area contributed by atoms with Gasteiger partial charge in [-0.3, -0.25) is 9.69 Å². The number of hydrogen-bond donors (Lipinski definition) is 1. The number of aliphatic carboxylic acids is 1. The topological polar surface area (TPSA) is 40.5 Å². The van der Waals surface area contributed by atoms with Crippen molar-refractivity contribution >= 4 is 17.6 Å². The molecule has 0 bridgehead atoms. The summed E-state index contributed by atoms with van der Waals surface area (Å²) in [5, 5.41) is 9.50. The molecule has 0 spiro atoms. The Bertz CT molecular complexity index is 405. The van der Waals surface area contributed by atoms with Crippen LogP contribution in [0.5, 0.6) is 0 Å². The second kappa shape index (κ2) is 6.21. The first-order chi connectivity index (χ1) is 8.65. The molecule has 0 saturated carbocycles. The Morgan fingerprint density at radius 2 is 2.11 bits per heavy atom. The number of carboxylic acids is 1. The van der Waals surface area contributed by atoms with Crippen LogP contribution in [0.1, 0.15) is 31.2 Å². The normalized spacial score (nSPS) is 20.2. The Hall–Kier alpha value is -1.06. The van der Waals surface area contributed by atoms with Gasteiger partial charge in [-0.2, -0.15) is 0 Å². The summed E-state index contributed by atoms with van der Waals surface area (Å²) in [6, 6.07) is 8.29. The van der Waals surface area contributed by atoms with E-state index in [1.807, 2.05) is 24.3 Å². The van der Waals surface area contributed by atoms with Crippen LogP contribution < -0.4 is 0 Å². The smallest absolute Gasteiger partial charge is 0.303 e. The van der Waals surface area contributed by atoms with Crippen molar-refractivity contribution in [3.05, 3.63) is 34.9 Å².